The maximum atomic E-state index is 2.53. The molecule has 0 aliphatic carbocycles. The Balaban J connectivity index is 1.64. The Hall–Kier alpha value is 0.0800. The minimum atomic E-state index is 0.626. The van der Waals surface area contributed by atoms with Crippen molar-refractivity contribution in [2.75, 3.05) is 0 Å². The highest BCUT2D eigenvalue weighted by Gasteiger charge is 2.51. The molecule has 4 fully saturated rings. The summed E-state index contributed by atoms with van der Waals surface area (Å²) < 4.78 is 0. The highest BCUT2D eigenvalue weighted by atomic mass is 31.1. The minimum absolute atomic E-state index is 0.626. The van der Waals surface area contributed by atoms with Gasteiger partial charge in [0.05, 0.1) is 0 Å². The van der Waals surface area contributed by atoms with Crippen molar-refractivity contribution in [2.24, 2.45) is 0 Å². The van der Waals surface area contributed by atoms with Gasteiger partial charge in [-0.3, -0.25) is 0 Å². The molecular weight excluding hydrogens is 278 g/mol. The van der Waals surface area contributed by atoms with Gasteiger partial charge < -0.3 is 0 Å². The van der Waals surface area contributed by atoms with Crippen LogP contribution in [0.4, 0.5) is 0 Å². The monoisotopic (exact) mass is 302 g/mol. The van der Waals surface area contributed by atoms with Gasteiger partial charge in [0.15, 0.2) is 0 Å². The van der Waals surface area contributed by atoms with E-state index in [0.717, 1.165) is 11.3 Å². The third-order valence-corrected chi connectivity index (χ3v) is 11.2. The molecule has 2 atom stereocenters. The summed E-state index contributed by atoms with van der Waals surface area (Å²) >= 11 is 0. The maximum Gasteiger partial charge on any atom is 0.0132 e. The van der Waals surface area contributed by atoms with E-state index in [-0.39, 0.29) is 0 Å². The van der Waals surface area contributed by atoms with Gasteiger partial charge in [-0.05, 0) is 73.8 Å². The molecule has 0 N–H and O–H groups in total. The molecule has 0 amide bonds. The molecular formula is C18H24P2. The van der Waals surface area contributed by atoms with E-state index in [1.807, 2.05) is 11.1 Å². The molecule has 0 spiro atoms. The molecule has 2 unspecified atom stereocenters. The second kappa shape index (κ2) is 4.30. The van der Waals surface area contributed by atoms with Crippen LogP contribution in [0.3, 0.4) is 0 Å². The van der Waals surface area contributed by atoms with E-state index in [1.54, 1.807) is 0 Å². The average molecular weight is 302 g/mol. The minimum Gasteiger partial charge on any atom is -0.108 e. The summed E-state index contributed by atoms with van der Waals surface area (Å²) in [4.78, 5) is 0. The van der Waals surface area contributed by atoms with Crippen LogP contribution in [0.5, 0.6) is 0 Å². The summed E-state index contributed by atoms with van der Waals surface area (Å²) in [7, 11) is 2.46. The van der Waals surface area contributed by atoms with Gasteiger partial charge in [0.1, 0.15) is 0 Å². The Morgan fingerprint density at radius 1 is 0.700 bits per heavy atom. The number of fused-ring (bicyclic) bond motifs is 4. The lowest BCUT2D eigenvalue weighted by molar-refractivity contribution is 0.433. The van der Waals surface area contributed by atoms with E-state index >= 15 is 0 Å². The lowest BCUT2D eigenvalue weighted by atomic mass is 9.75. The standard InChI is InChI=1S/C18H24P2/c1-2-4-16(18-11-7-14(20-18)8-12-18)15(3-1)17-9-5-13(19-17)6-10-17/h1-4,13-14,19-20H,5-12H2. The molecule has 0 aromatic heterocycles. The van der Waals surface area contributed by atoms with E-state index in [9.17, 15) is 0 Å². The fraction of sp³-hybridized carbons (Fsp3) is 0.667. The summed E-state index contributed by atoms with van der Waals surface area (Å²) in [6, 6.07) is 9.71. The van der Waals surface area contributed by atoms with Crippen molar-refractivity contribution in [3.8, 4) is 0 Å². The van der Waals surface area contributed by atoms with Crippen molar-refractivity contribution < 1.29 is 0 Å². The normalized spacial score (nSPS) is 47.8. The highest BCUT2D eigenvalue weighted by molar-refractivity contribution is 7.42. The average Bonchev–Trinajstić information content (AvgIpc) is 3.28. The van der Waals surface area contributed by atoms with Crippen LogP contribution in [0.15, 0.2) is 24.3 Å². The molecule has 1 aromatic rings. The molecule has 5 rings (SSSR count). The van der Waals surface area contributed by atoms with E-state index in [0.29, 0.717) is 10.3 Å². The Morgan fingerprint density at radius 3 is 1.40 bits per heavy atom. The number of hydrogen-bond donors (Lipinski definition) is 0. The highest BCUT2D eigenvalue weighted by Crippen LogP contribution is 2.70. The number of benzene rings is 1. The summed E-state index contributed by atoms with van der Waals surface area (Å²) in [6.07, 6.45) is 12.1. The largest absolute Gasteiger partial charge is 0.108 e. The SMILES string of the molecule is c1ccc(C23CCC(CC2)P3)c(C23CCC(CC2)P3)c1. The lowest BCUT2D eigenvalue weighted by Crippen LogP contribution is -2.25. The number of hydrogen-bond acceptors (Lipinski definition) is 0. The summed E-state index contributed by atoms with van der Waals surface area (Å²) in [5.74, 6) is 0. The quantitative estimate of drug-likeness (QED) is 0.646. The first-order chi connectivity index (χ1) is 9.80. The van der Waals surface area contributed by atoms with Crippen LogP contribution in [-0.4, -0.2) is 11.3 Å². The molecule has 4 heterocycles. The second-order valence-electron chi connectivity index (χ2n) is 7.55. The molecule has 4 aliphatic heterocycles. The molecule has 20 heavy (non-hydrogen) atoms. The molecule has 0 saturated carbocycles. The van der Waals surface area contributed by atoms with Gasteiger partial charge >= 0.3 is 0 Å². The lowest BCUT2D eigenvalue weighted by Gasteiger charge is -2.36. The zero-order chi connectivity index (χ0) is 13.2. The molecule has 4 saturated heterocycles. The molecule has 106 valence electrons. The van der Waals surface area contributed by atoms with Crippen LogP contribution < -0.4 is 0 Å². The Morgan fingerprint density at radius 2 is 1.10 bits per heavy atom. The Bertz CT molecular complexity index is 485. The Labute approximate surface area is 126 Å². The van der Waals surface area contributed by atoms with Gasteiger partial charge in [0, 0.05) is 10.3 Å². The number of rotatable bonds is 2. The van der Waals surface area contributed by atoms with Gasteiger partial charge in [-0.2, -0.15) is 0 Å². The van der Waals surface area contributed by atoms with Crippen molar-refractivity contribution in [1.82, 2.24) is 0 Å². The van der Waals surface area contributed by atoms with Crippen LogP contribution in [0, 0.1) is 0 Å². The van der Waals surface area contributed by atoms with E-state index in [1.165, 1.54) is 68.5 Å². The smallest absolute Gasteiger partial charge is 0.0132 e. The van der Waals surface area contributed by atoms with Crippen LogP contribution in [0.1, 0.15) is 62.5 Å². The van der Waals surface area contributed by atoms with Gasteiger partial charge in [0.25, 0.3) is 0 Å². The third kappa shape index (κ3) is 1.62. The van der Waals surface area contributed by atoms with Gasteiger partial charge in [-0.15, -0.1) is 17.2 Å². The molecule has 4 aliphatic rings. The van der Waals surface area contributed by atoms with Crippen molar-refractivity contribution in [3.05, 3.63) is 35.4 Å². The second-order valence-corrected chi connectivity index (χ2v) is 11.7. The first kappa shape index (κ1) is 12.6. The van der Waals surface area contributed by atoms with Gasteiger partial charge in [-0.1, -0.05) is 24.3 Å². The predicted molar refractivity (Wildman–Crippen MR) is 90.9 cm³/mol. The first-order valence-electron chi connectivity index (χ1n) is 8.45. The molecule has 2 heteroatoms. The molecule has 0 nitrogen and oxygen atoms in total. The Kier molecular flexibility index (Phi) is 2.71. The fourth-order valence-electron chi connectivity index (χ4n) is 5.59. The van der Waals surface area contributed by atoms with Crippen molar-refractivity contribution in [2.45, 2.75) is 73.0 Å². The summed E-state index contributed by atoms with van der Waals surface area (Å²) in [5.41, 5.74) is 5.80. The van der Waals surface area contributed by atoms with Crippen molar-refractivity contribution in [3.63, 3.8) is 0 Å². The maximum absolute atomic E-state index is 2.53. The van der Waals surface area contributed by atoms with E-state index < -0.39 is 0 Å². The zero-order valence-corrected chi connectivity index (χ0v) is 14.1. The molecule has 0 radical (unpaired) electrons. The van der Waals surface area contributed by atoms with Crippen LogP contribution in [0.25, 0.3) is 0 Å². The predicted octanol–water partition coefficient (Wildman–Crippen LogP) is 5.35. The fourth-order valence-corrected chi connectivity index (χ4v) is 10.2. The van der Waals surface area contributed by atoms with Crippen molar-refractivity contribution in [1.29, 1.82) is 0 Å². The van der Waals surface area contributed by atoms with Gasteiger partial charge in [0.2, 0.25) is 0 Å². The van der Waals surface area contributed by atoms with E-state index in [4.69, 9.17) is 0 Å². The van der Waals surface area contributed by atoms with Crippen LogP contribution in [-0.2, 0) is 10.3 Å². The third-order valence-electron chi connectivity index (χ3n) is 6.60. The first-order valence-corrected chi connectivity index (χ1v) is 10.6. The van der Waals surface area contributed by atoms with Crippen LogP contribution in [0.2, 0.25) is 0 Å². The van der Waals surface area contributed by atoms with Crippen LogP contribution >= 0.6 is 17.2 Å². The summed E-state index contributed by atoms with van der Waals surface area (Å²) in [5, 5.41) is 1.25. The van der Waals surface area contributed by atoms with E-state index in [2.05, 4.69) is 24.3 Å². The zero-order valence-electron chi connectivity index (χ0n) is 12.1. The van der Waals surface area contributed by atoms with Crippen molar-refractivity contribution >= 4 is 17.2 Å². The topological polar surface area (TPSA) is 0 Å². The molecule has 4 bridgehead atoms. The van der Waals surface area contributed by atoms with Gasteiger partial charge in [-0.25, -0.2) is 0 Å². The molecule has 1 aromatic carbocycles. The summed E-state index contributed by atoms with van der Waals surface area (Å²) in [6.45, 7) is 0.